The van der Waals surface area contributed by atoms with Crippen molar-refractivity contribution in [1.29, 1.82) is 0 Å². The highest BCUT2D eigenvalue weighted by atomic mass is 16.2. The number of amides is 1. The molecular formula is C25H48N2O. The summed E-state index contributed by atoms with van der Waals surface area (Å²) in [5.74, 6) is 1.54. The second-order valence-corrected chi connectivity index (χ2v) is 10.2. The molecule has 2 aliphatic rings. The maximum atomic E-state index is 12.7. The van der Waals surface area contributed by atoms with Crippen LogP contribution >= 0.6 is 0 Å². The first kappa shape index (κ1) is 23.7. The van der Waals surface area contributed by atoms with Crippen molar-refractivity contribution in [2.24, 2.45) is 17.3 Å². The number of piperidine rings is 1. The molecule has 2 fully saturated rings. The highest BCUT2D eigenvalue weighted by Gasteiger charge is 2.45. The fourth-order valence-electron chi connectivity index (χ4n) is 5.25. The largest absolute Gasteiger partial charge is 0.342 e. The Kier molecular flexibility index (Phi) is 10.3. The maximum Gasteiger partial charge on any atom is 0.225 e. The lowest BCUT2D eigenvalue weighted by atomic mass is 9.71. The molecule has 0 aliphatic carbocycles. The lowest BCUT2D eigenvalue weighted by molar-refractivity contribution is -0.140. The van der Waals surface area contributed by atoms with E-state index in [4.69, 9.17) is 0 Å². The molecule has 0 saturated carbocycles. The van der Waals surface area contributed by atoms with Crippen molar-refractivity contribution in [2.75, 3.05) is 32.7 Å². The molecule has 0 radical (unpaired) electrons. The molecule has 2 unspecified atom stereocenters. The van der Waals surface area contributed by atoms with E-state index in [1.165, 1.54) is 90.3 Å². The third-order valence-electron chi connectivity index (χ3n) is 7.39. The fraction of sp³-hybridized carbons (Fsp3) is 0.960. The summed E-state index contributed by atoms with van der Waals surface area (Å²) in [5.41, 5.74) is 0.537. The third-order valence-corrected chi connectivity index (χ3v) is 7.39. The summed E-state index contributed by atoms with van der Waals surface area (Å²) in [6.07, 6.45) is 15.5. The molecular weight excluding hydrogens is 344 g/mol. The Labute approximate surface area is 175 Å². The molecule has 164 valence electrons. The van der Waals surface area contributed by atoms with E-state index in [-0.39, 0.29) is 5.92 Å². The van der Waals surface area contributed by atoms with E-state index in [2.05, 4.69) is 37.5 Å². The van der Waals surface area contributed by atoms with Gasteiger partial charge in [0, 0.05) is 32.1 Å². The van der Waals surface area contributed by atoms with Crippen molar-refractivity contribution in [1.82, 2.24) is 9.80 Å². The SMILES string of the molecule is CCCCCCC(C)C(=O)N1CCC2(CC1)CN(CCCC(C)CCCC)C2. The monoisotopic (exact) mass is 392 g/mol. The molecule has 0 aromatic rings. The summed E-state index contributed by atoms with van der Waals surface area (Å²) in [5, 5.41) is 0. The van der Waals surface area contributed by atoms with E-state index < -0.39 is 0 Å². The molecule has 0 aromatic heterocycles. The van der Waals surface area contributed by atoms with Gasteiger partial charge >= 0.3 is 0 Å². The Hall–Kier alpha value is -0.570. The van der Waals surface area contributed by atoms with Crippen LogP contribution in [0.3, 0.4) is 0 Å². The van der Waals surface area contributed by atoms with Crippen LogP contribution in [0.1, 0.15) is 105 Å². The number of carbonyl (C=O) groups is 1. The summed E-state index contributed by atoms with van der Waals surface area (Å²) in [6.45, 7) is 15.0. The van der Waals surface area contributed by atoms with Crippen LogP contribution in [0.4, 0.5) is 0 Å². The van der Waals surface area contributed by atoms with Gasteiger partial charge in [-0.2, -0.15) is 0 Å². The zero-order chi connectivity index (χ0) is 20.4. The van der Waals surface area contributed by atoms with Gasteiger partial charge in [0.2, 0.25) is 5.91 Å². The van der Waals surface area contributed by atoms with Gasteiger partial charge in [-0.05, 0) is 50.0 Å². The molecule has 2 atom stereocenters. The topological polar surface area (TPSA) is 23.6 Å². The minimum Gasteiger partial charge on any atom is -0.342 e. The number of carbonyl (C=O) groups excluding carboxylic acids is 1. The van der Waals surface area contributed by atoms with Crippen LogP contribution in [0.2, 0.25) is 0 Å². The lowest BCUT2D eigenvalue weighted by Crippen LogP contribution is -2.61. The minimum absolute atomic E-state index is 0.221. The maximum absolute atomic E-state index is 12.7. The highest BCUT2D eigenvalue weighted by Crippen LogP contribution is 2.40. The molecule has 0 bridgehead atoms. The standard InChI is InChI=1S/C25H48N2O/c1-5-7-9-10-14-23(4)24(28)27-18-15-25(16-19-27)20-26(21-25)17-11-13-22(3)12-8-6-2/h22-23H,5-21H2,1-4H3. The van der Waals surface area contributed by atoms with E-state index >= 15 is 0 Å². The molecule has 2 heterocycles. The van der Waals surface area contributed by atoms with Gasteiger partial charge in [0.05, 0.1) is 0 Å². The molecule has 3 nitrogen and oxygen atoms in total. The van der Waals surface area contributed by atoms with Crippen molar-refractivity contribution in [3.63, 3.8) is 0 Å². The summed E-state index contributed by atoms with van der Waals surface area (Å²) in [7, 11) is 0. The molecule has 2 aliphatic heterocycles. The predicted molar refractivity (Wildman–Crippen MR) is 121 cm³/mol. The van der Waals surface area contributed by atoms with Gasteiger partial charge in [-0.25, -0.2) is 0 Å². The first-order valence-electron chi connectivity index (χ1n) is 12.5. The minimum atomic E-state index is 0.221. The Morgan fingerprint density at radius 1 is 0.857 bits per heavy atom. The Morgan fingerprint density at radius 3 is 2.14 bits per heavy atom. The molecule has 3 heteroatoms. The normalized spacial score (nSPS) is 21.5. The molecule has 28 heavy (non-hydrogen) atoms. The number of hydrogen-bond donors (Lipinski definition) is 0. The zero-order valence-electron chi connectivity index (χ0n) is 19.5. The van der Waals surface area contributed by atoms with Crippen LogP contribution in [0.25, 0.3) is 0 Å². The summed E-state index contributed by atoms with van der Waals surface area (Å²) < 4.78 is 0. The lowest BCUT2D eigenvalue weighted by Gasteiger charge is -2.54. The van der Waals surface area contributed by atoms with Gasteiger partial charge in [0.25, 0.3) is 0 Å². The van der Waals surface area contributed by atoms with Crippen molar-refractivity contribution < 1.29 is 4.79 Å². The van der Waals surface area contributed by atoms with Gasteiger partial charge < -0.3 is 9.80 Å². The van der Waals surface area contributed by atoms with Crippen LogP contribution < -0.4 is 0 Å². The molecule has 1 amide bonds. The molecule has 2 saturated heterocycles. The number of rotatable bonds is 13. The first-order chi connectivity index (χ1) is 13.5. The third kappa shape index (κ3) is 7.35. The molecule has 0 aromatic carbocycles. The van der Waals surface area contributed by atoms with E-state index in [0.29, 0.717) is 11.3 Å². The van der Waals surface area contributed by atoms with Crippen LogP contribution in [0.5, 0.6) is 0 Å². The second-order valence-electron chi connectivity index (χ2n) is 10.2. The van der Waals surface area contributed by atoms with Crippen LogP contribution in [0.15, 0.2) is 0 Å². The van der Waals surface area contributed by atoms with E-state index in [9.17, 15) is 4.79 Å². The highest BCUT2D eigenvalue weighted by molar-refractivity contribution is 5.78. The summed E-state index contributed by atoms with van der Waals surface area (Å²) in [4.78, 5) is 17.6. The quantitative estimate of drug-likeness (QED) is 0.352. The van der Waals surface area contributed by atoms with Gasteiger partial charge in [-0.3, -0.25) is 4.79 Å². The second kappa shape index (κ2) is 12.2. The van der Waals surface area contributed by atoms with Gasteiger partial charge in [0.15, 0.2) is 0 Å². The van der Waals surface area contributed by atoms with Gasteiger partial charge in [0.1, 0.15) is 0 Å². The summed E-state index contributed by atoms with van der Waals surface area (Å²) in [6, 6.07) is 0. The fourth-order valence-corrected chi connectivity index (χ4v) is 5.25. The average Bonchev–Trinajstić information content (AvgIpc) is 2.68. The van der Waals surface area contributed by atoms with Crippen molar-refractivity contribution >= 4 is 5.91 Å². The molecule has 0 N–H and O–H groups in total. The van der Waals surface area contributed by atoms with E-state index in [0.717, 1.165) is 25.4 Å². The van der Waals surface area contributed by atoms with E-state index in [1.807, 2.05) is 0 Å². The van der Waals surface area contributed by atoms with Crippen LogP contribution in [-0.4, -0.2) is 48.4 Å². The number of likely N-dealkylation sites (tertiary alicyclic amines) is 2. The van der Waals surface area contributed by atoms with Crippen LogP contribution in [-0.2, 0) is 4.79 Å². The zero-order valence-corrected chi connectivity index (χ0v) is 19.5. The summed E-state index contributed by atoms with van der Waals surface area (Å²) >= 11 is 0. The van der Waals surface area contributed by atoms with E-state index in [1.54, 1.807) is 0 Å². The smallest absolute Gasteiger partial charge is 0.225 e. The van der Waals surface area contributed by atoms with Gasteiger partial charge in [-0.15, -0.1) is 0 Å². The Morgan fingerprint density at radius 2 is 1.50 bits per heavy atom. The van der Waals surface area contributed by atoms with Crippen molar-refractivity contribution in [3.05, 3.63) is 0 Å². The average molecular weight is 393 g/mol. The predicted octanol–water partition coefficient (Wildman–Crippen LogP) is 6.12. The number of hydrogen-bond acceptors (Lipinski definition) is 2. The van der Waals surface area contributed by atoms with Crippen molar-refractivity contribution in [2.45, 2.75) is 105 Å². The van der Waals surface area contributed by atoms with Gasteiger partial charge in [-0.1, -0.05) is 72.6 Å². The van der Waals surface area contributed by atoms with Crippen molar-refractivity contribution in [3.8, 4) is 0 Å². The molecule has 1 spiro atoms. The van der Waals surface area contributed by atoms with Crippen LogP contribution in [0, 0.1) is 17.3 Å². The Bertz CT molecular complexity index is 434. The first-order valence-corrected chi connectivity index (χ1v) is 12.5. The number of nitrogens with zero attached hydrogens (tertiary/aromatic N) is 2. The number of unbranched alkanes of at least 4 members (excludes halogenated alkanes) is 4. The molecule has 2 rings (SSSR count). The Balaban J connectivity index is 1.58.